The second-order valence-electron chi connectivity index (χ2n) is 6.96. The van der Waals surface area contributed by atoms with E-state index in [1.165, 1.54) is 13.8 Å². The van der Waals surface area contributed by atoms with Gasteiger partial charge in [-0.15, -0.1) is 0 Å². The monoisotopic (exact) mass is 312 g/mol. The molecular weight excluding hydrogens is 284 g/mol. The number of hydrogen-bond donors (Lipinski definition) is 1. The van der Waals surface area contributed by atoms with Gasteiger partial charge >= 0.3 is 11.9 Å². The molecule has 0 amide bonds. The summed E-state index contributed by atoms with van der Waals surface area (Å²) in [7, 11) is 0. The van der Waals surface area contributed by atoms with Crippen LogP contribution >= 0.6 is 0 Å². The van der Waals surface area contributed by atoms with Gasteiger partial charge in [0.05, 0.1) is 5.60 Å². The Kier molecular flexibility index (Phi) is 5.79. The Balaban J connectivity index is 2.90. The maximum absolute atomic E-state index is 11.2. The summed E-state index contributed by atoms with van der Waals surface area (Å²) < 4.78 is 10.4. The summed E-state index contributed by atoms with van der Waals surface area (Å²) in [5.74, 6) is -0.728. The molecule has 0 aromatic heterocycles. The highest BCUT2D eigenvalue weighted by molar-refractivity contribution is 5.66. The van der Waals surface area contributed by atoms with Gasteiger partial charge in [0, 0.05) is 19.3 Å². The van der Waals surface area contributed by atoms with Crippen molar-refractivity contribution >= 4 is 11.9 Å². The molecule has 0 aromatic rings. The second-order valence-corrected chi connectivity index (χ2v) is 6.96. The molecule has 1 fully saturated rings. The van der Waals surface area contributed by atoms with E-state index in [0.29, 0.717) is 12.8 Å². The molecule has 1 N–H and O–H groups in total. The van der Waals surface area contributed by atoms with E-state index < -0.39 is 17.1 Å². The van der Waals surface area contributed by atoms with Crippen molar-refractivity contribution in [3.05, 3.63) is 12.2 Å². The molecule has 0 spiro atoms. The molecule has 1 aliphatic carbocycles. The van der Waals surface area contributed by atoms with Crippen molar-refractivity contribution in [1.29, 1.82) is 0 Å². The Bertz CT molecular complexity index is 454. The maximum atomic E-state index is 11.2. The molecule has 0 aliphatic heterocycles. The van der Waals surface area contributed by atoms with Crippen LogP contribution in [0, 0.1) is 11.3 Å². The normalized spacial score (nSPS) is 32.5. The molecule has 126 valence electrons. The minimum absolute atomic E-state index is 0.0821. The van der Waals surface area contributed by atoms with Gasteiger partial charge in [-0.3, -0.25) is 9.59 Å². The first kappa shape index (κ1) is 18.7. The van der Waals surface area contributed by atoms with Gasteiger partial charge in [0.1, 0.15) is 12.2 Å². The van der Waals surface area contributed by atoms with E-state index in [1.807, 2.05) is 20.8 Å². The highest BCUT2D eigenvalue weighted by Gasteiger charge is 2.51. The van der Waals surface area contributed by atoms with E-state index in [0.717, 1.165) is 0 Å². The molecule has 1 aliphatic rings. The van der Waals surface area contributed by atoms with Crippen LogP contribution in [0.1, 0.15) is 54.4 Å². The van der Waals surface area contributed by atoms with Crippen molar-refractivity contribution in [2.45, 2.75) is 72.2 Å². The summed E-state index contributed by atoms with van der Waals surface area (Å²) in [5, 5.41) is 11.1. The van der Waals surface area contributed by atoms with Crippen LogP contribution in [0.2, 0.25) is 0 Å². The van der Waals surface area contributed by atoms with Gasteiger partial charge < -0.3 is 14.6 Å². The van der Waals surface area contributed by atoms with Crippen molar-refractivity contribution in [1.82, 2.24) is 0 Å². The molecule has 0 unspecified atom stereocenters. The number of esters is 2. The van der Waals surface area contributed by atoms with Crippen LogP contribution in [0.5, 0.6) is 0 Å². The fourth-order valence-corrected chi connectivity index (χ4v) is 3.35. The van der Waals surface area contributed by atoms with E-state index in [-0.39, 0.29) is 24.0 Å². The van der Waals surface area contributed by atoms with Crippen molar-refractivity contribution < 1.29 is 24.2 Å². The van der Waals surface area contributed by atoms with Crippen molar-refractivity contribution in [2.75, 3.05) is 0 Å². The van der Waals surface area contributed by atoms with Crippen LogP contribution < -0.4 is 0 Å². The summed E-state index contributed by atoms with van der Waals surface area (Å²) in [4.78, 5) is 22.1. The van der Waals surface area contributed by atoms with Gasteiger partial charge in [-0.1, -0.05) is 26.8 Å². The zero-order valence-corrected chi connectivity index (χ0v) is 14.4. The van der Waals surface area contributed by atoms with E-state index in [4.69, 9.17) is 9.47 Å². The second kappa shape index (κ2) is 6.82. The molecule has 0 radical (unpaired) electrons. The Morgan fingerprint density at radius 3 is 2.32 bits per heavy atom. The molecule has 0 aromatic carbocycles. The van der Waals surface area contributed by atoms with Crippen LogP contribution in [-0.2, 0) is 19.1 Å². The quantitative estimate of drug-likeness (QED) is 0.638. The lowest BCUT2D eigenvalue weighted by Crippen LogP contribution is -2.55. The first-order valence-corrected chi connectivity index (χ1v) is 7.74. The summed E-state index contributed by atoms with van der Waals surface area (Å²) >= 11 is 0. The summed E-state index contributed by atoms with van der Waals surface area (Å²) in [6, 6.07) is 0. The highest BCUT2D eigenvalue weighted by atomic mass is 16.5. The van der Waals surface area contributed by atoms with Gasteiger partial charge in [-0.25, -0.2) is 0 Å². The zero-order valence-electron chi connectivity index (χ0n) is 14.4. The van der Waals surface area contributed by atoms with Crippen LogP contribution in [-0.4, -0.2) is 34.9 Å². The average Bonchev–Trinajstić information content (AvgIpc) is 2.31. The lowest BCUT2D eigenvalue weighted by molar-refractivity contribution is -0.166. The number of carbonyl (C=O) groups excluding carboxylic acids is 2. The first-order chi connectivity index (χ1) is 9.98. The van der Waals surface area contributed by atoms with E-state index in [9.17, 15) is 14.7 Å². The third-order valence-corrected chi connectivity index (χ3v) is 4.50. The Labute approximate surface area is 132 Å². The van der Waals surface area contributed by atoms with E-state index >= 15 is 0 Å². The molecule has 0 bridgehead atoms. The van der Waals surface area contributed by atoms with Gasteiger partial charge in [-0.05, 0) is 31.8 Å². The lowest BCUT2D eigenvalue weighted by atomic mass is 9.59. The number of hydrogen-bond acceptors (Lipinski definition) is 5. The number of rotatable bonds is 4. The molecular formula is C17H28O5. The minimum atomic E-state index is -1.04. The third-order valence-electron chi connectivity index (χ3n) is 4.50. The summed E-state index contributed by atoms with van der Waals surface area (Å²) in [6.45, 7) is 10.4. The molecule has 4 atom stereocenters. The van der Waals surface area contributed by atoms with Crippen LogP contribution in [0.15, 0.2) is 12.2 Å². The van der Waals surface area contributed by atoms with Gasteiger partial charge in [0.2, 0.25) is 0 Å². The number of ether oxygens (including phenoxy) is 2. The zero-order chi connectivity index (χ0) is 17.1. The topological polar surface area (TPSA) is 72.8 Å². The molecule has 0 saturated heterocycles. The smallest absolute Gasteiger partial charge is 0.303 e. The Morgan fingerprint density at radius 2 is 1.86 bits per heavy atom. The molecule has 1 saturated carbocycles. The molecule has 22 heavy (non-hydrogen) atoms. The predicted molar refractivity (Wildman–Crippen MR) is 83.1 cm³/mol. The largest absolute Gasteiger partial charge is 0.463 e. The van der Waals surface area contributed by atoms with Gasteiger partial charge in [0.15, 0.2) is 0 Å². The standard InChI is InChI=1S/C17H28O5/c1-11-9-15(22-14(4)19)10-16(5,6)17(11,20)8-7-12(2)21-13(3)18/h7-8,11-12,15,20H,9-10H2,1-6H3/b8-7+/t11-,12-,15+,17-/m1/s1. The van der Waals surface area contributed by atoms with E-state index in [2.05, 4.69) is 0 Å². The first-order valence-electron chi connectivity index (χ1n) is 7.74. The van der Waals surface area contributed by atoms with Crippen LogP contribution in [0.25, 0.3) is 0 Å². The van der Waals surface area contributed by atoms with Gasteiger partial charge in [-0.2, -0.15) is 0 Å². The fourth-order valence-electron chi connectivity index (χ4n) is 3.35. The SMILES string of the molecule is CC(=O)O[C@H]1C[C@@H](C)[C@](O)(/C=C/[C@@H](C)OC(C)=O)C(C)(C)C1. The van der Waals surface area contributed by atoms with Crippen LogP contribution in [0.3, 0.4) is 0 Å². The fraction of sp³-hybridized carbons (Fsp3) is 0.765. The summed E-state index contributed by atoms with van der Waals surface area (Å²) in [5.41, 5.74) is -1.50. The highest BCUT2D eigenvalue weighted by Crippen LogP contribution is 2.48. The molecule has 5 heteroatoms. The number of carbonyl (C=O) groups is 2. The minimum Gasteiger partial charge on any atom is -0.463 e. The molecule has 0 heterocycles. The Morgan fingerprint density at radius 1 is 1.27 bits per heavy atom. The van der Waals surface area contributed by atoms with Crippen LogP contribution in [0.4, 0.5) is 0 Å². The van der Waals surface area contributed by atoms with Gasteiger partial charge in [0.25, 0.3) is 0 Å². The van der Waals surface area contributed by atoms with E-state index in [1.54, 1.807) is 19.1 Å². The lowest BCUT2D eigenvalue weighted by Gasteiger charge is -2.51. The summed E-state index contributed by atoms with van der Waals surface area (Å²) in [6.07, 6.45) is 4.06. The van der Waals surface area contributed by atoms with Crippen molar-refractivity contribution in [3.63, 3.8) is 0 Å². The predicted octanol–water partition coefficient (Wildman–Crippen LogP) is 2.61. The maximum Gasteiger partial charge on any atom is 0.303 e. The van der Waals surface area contributed by atoms with Crippen molar-refractivity contribution in [2.24, 2.45) is 11.3 Å². The molecule has 1 rings (SSSR count). The third kappa shape index (κ3) is 4.32. The Hall–Kier alpha value is -1.36. The molecule has 5 nitrogen and oxygen atoms in total. The van der Waals surface area contributed by atoms with Crippen molar-refractivity contribution in [3.8, 4) is 0 Å². The number of aliphatic hydroxyl groups is 1. The average molecular weight is 312 g/mol.